The second-order valence-corrected chi connectivity index (χ2v) is 7.55. The molecule has 0 saturated heterocycles. The van der Waals surface area contributed by atoms with Gasteiger partial charge in [0.05, 0.1) is 0 Å². The van der Waals surface area contributed by atoms with E-state index in [1.165, 1.54) is 26.4 Å². The van der Waals surface area contributed by atoms with Gasteiger partial charge in [0.2, 0.25) is 0 Å². The van der Waals surface area contributed by atoms with E-state index in [-0.39, 0.29) is 0 Å². The first kappa shape index (κ1) is 16.2. The summed E-state index contributed by atoms with van der Waals surface area (Å²) in [6, 6.07) is 26.9. The highest BCUT2D eigenvalue weighted by Crippen LogP contribution is 2.37. The van der Waals surface area contributed by atoms with Gasteiger partial charge in [-0.2, -0.15) is 0 Å². The summed E-state index contributed by atoms with van der Waals surface area (Å²) in [5, 5.41) is 1.26. The number of hydrogen-bond donors (Lipinski definition) is 1. The van der Waals surface area contributed by atoms with Crippen LogP contribution in [0, 0.1) is 0 Å². The Morgan fingerprint density at radius 3 is 2.48 bits per heavy atom. The Bertz CT molecular complexity index is 1170. The summed E-state index contributed by atoms with van der Waals surface area (Å²) in [5.41, 5.74) is 4.17. The molecular weight excluding hydrogens is 352 g/mol. The molecule has 4 heteroatoms. The first-order valence-corrected chi connectivity index (χ1v) is 9.85. The average Bonchev–Trinajstić information content (AvgIpc) is 3.28. The number of H-pyrrole nitrogens is 1. The number of benzene rings is 3. The lowest BCUT2D eigenvalue weighted by atomic mass is 10.2. The predicted molar refractivity (Wildman–Crippen MR) is 110 cm³/mol. The van der Waals surface area contributed by atoms with Gasteiger partial charge in [-0.05, 0) is 36.8 Å². The number of aromatic nitrogens is 2. The zero-order chi connectivity index (χ0) is 18.1. The Labute approximate surface area is 161 Å². The predicted octanol–water partition coefficient (Wildman–Crippen LogP) is 6.25. The minimum Gasteiger partial charge on any atom is -0.441 e. The average molecular weight is 370 g/mol. The first-order valence-electron chi connectivity index (χ1n) is 9.04. The van der Waals surface area contributed by atoms with Crippen LogP contribution < -0.4 is 0 Å². The molecule has 132 valence electrons. The third-order valence-corrected chi connectivity index (χ3v) is 5.80. The van der Waals surface area contributed by atoms with Crippen molar-refractivity contribution in [2.24, 2.45) is 0 Å². The molecule has 0 aliphatic carbocycles. The second kappa shape index (κ2) is 6.97. The van der Waals surface area contributed by atoms with Crippen LogP contribution in [-0.2, 0) is 12.8 Å². The van der Waals surface area contributed by atoms with E-state index < -0.39 is 0 Å². The van der Waals surface area contributed by atoms with Gasteiger partial charge < -0.3 is 9.40 Å². The highest BCUT2D eigenvalue weighted by molar-refractivity contribution is 7.99. The summed E-state index contributed by atoms with van der Waals surface area (Å²) in [4.78, 5) is 10.7. The van der Waals surface area contributed by atoms with Gasteiger partial charge in [-0.25, -0.2) is 4.98 Å². The SMILES string of the molecule is c1ccc(Sc2c(CCc3nc4ccccc4o3)[nH]c3ccccc23)cc1. The number of oxazole rings is 1. The van der Waals surface area contributed by atoms with Crippen LogP contribution in [0.4, 0.5) is 0 Å². The largest absolute Gasteiger partial charge is 0.441 e. The molecular formula is C23H18N2OS. The van der Waals surface area contributed by atoms with Gasteiger partial charge >= 0.3 is 0 Å². The number of para-hydroxylation sites is 3. The topological polar surface area (TPSA) is 41.8 Å². The summed E-state index contributed by atoms with van der Waals surface area (Å²) < 4.78 is 5.89. The third-order valence-electron chi connectivity index (χ3n) is 4.62. The highest BCUT2D eigenvalue weighted by atomic mass is 32.2. The zero-order valence-electron chi connectivity index (χ0n) is 14.7. The van der Waals surface area contributed by atoms with E-state index in [0.29, 0.717) is 0 Å². The number of hydrogen-bond acceptors (Lipinski definition) is 3. The van der Waals surface area contributed by atoms with Crippen molar-refractivity contribution < 1.29 is 4.42 Å². The molecule has 0 atom stereocenters. The van der Waals surface area contributed by atoms with E-state index in [0.717, 1.165) is 29.8 Å². The van der Waals surface area contributed by atoms with Crippen LogP contribution in [0.1, 0.15) is 11.6 Å². The second-order valence-electron chi connectivity index (χ2n) is 6.47. The summed E-state index contributed by atoms with van der Waals surface area (Å²) in [6.45, 7) is 0. The van der Waals surface area contributed by atoms with E-state index in [4.69, 9.17) is 4.42 Å². The lowest BCUT2D eigenvalue weighted by Crippen LogP contribution is -1.93. The van der Waals surface area contributed by atoms with Crippen LogP contribution in [0.3, 0.4) is 0 Å². The third kappa shape index (κ3) is 3.24. The minimum absolute atomic E-state index is 0.768. The summed E-state index contributed by atoms with van der Waals surface area (Å²) in [5.74, 6) is 0.783. The van der Waals surface area contributed by atoms with Crippen LogP contribution in [-0.4, -0.2) is 9.97 Å². The van der Waals surface area contributed by atoms with Gasteiger partial charge in [0.15, 0.2) is 11.5 Å². The van der Waals surface area contributed by atoms with Gasteiger partial charge in [0.25, 0.3) is 0 Å². The Kier molecular flexibility index (Phi) is 4.18. The van der Waals surface area contributed by atoms with Gasteiger partial charge in [0, 0.05) is 32.8 Å². The fraction of sp³-hybridized carbons (Fsp3) is 0.0870. The van der Waals surface area contributed by atoms with Gasteiger partial charge in [-0.3, -0.25) is 0 Å². The molecule has 0 aliphatic rings. The van der Waals surface area contributed by atoms with Crippen molar-refractivity contribution in [1.82, 2.24) is 9.97 Å². The molecule has 0 fully saturated rings. The molecule has 5 aromatic rings. The molecule has 1 N–H and O–H groups in total. The zero-order valence-corrected chi connectivity index (χ0v) is 15.5. The number of rotatable bonds is 5. The molecule has 0 unspecified atom stereocenters. The molecule has 0 radical (unpaired) electrons. The van der Waals surface area contributed by atoms with Crippen LogP contribution in [0.25, 0.3) is 22.0 Å². The molecule has 27 heavy (non-hydrogen) atoms. The van der Waals surface area contributed by atoms with Crippen molar-refractivity contribution in [3.63, 3.8) is 0 Å². The number of fused-ring (bicyclic) bond motifs is 2. The Morgan fingerprint density at radius 1 is 0.815 bits per heavy atom. The summed E-state index contributed by atoms with van der Waals surface area (Å²) in [7, 11) is 0. The Morgan fingerprint density at radius 2 is 1.59 bits per heavy atom. The smallest absolute Gasteiger partial charge is 0.195 e. The molecule has 0 spiro atoms. The lowest BCUT2D eigenvalue weighted by molar-refractivity contribution is 0.526. The maximum absolute atomic E-state index is 5.89. The van der Waals surface area contributed by atoms with E-state index >= 15 is 0 Å². The maximum atomic E-state index is 5.89. The fourth-order valence-corrected chi connectivity index (χ4v) is 4.42. The molecule has 0 bridgehead atoms. The number of nitrogens with zero attached hydrogens (tertiary/aromatic N) is 1. The Hall–Kier alpha value is -2.98. The summed E-state index contributed by atoms with van der Waals surface area (Å²) in [6.07, 6.45) is 1.63. The van der Waals surface area contributed by atoms with Crippen molar-refractivity contribution in [3.05, 3.63) is 90.4 Å². The van der Waals surface area contributed by atoms with Crippen molar-refractivity contribution >= 4 is 33.8 Å². The molecule has 2 heterocycles. The molecule has 3 aromatic carbocycles. The molecule has 5 rings (SSSR count). The molecule has 0 amide bonds. The van der Waals surface area contributed by atoms with Crippen LogP contribution in [0.2, 0.25) is 0 Å². The van der Waals surface area contributed by atoms with E-state index in [1.807, 2.05) is 42.1 Å². The van der Waals surface area contributed by atoms with Crippen LogP contribution in [0.15, 0.2) is 93.1 Å². The number of aromatic amines is 1. The molecule has 0 aliphatic heterocycles. The number of aryl methyl sites for hydroxylation is 2. The quantitative estimate of drug-likeness (QED) is 0.398. The minimum atomic E-state index is 0.768. The van der Waals surface area contributed by atoms with Crippen molar-refractivity contribution in [1.29, 1.82) is 0 Å². The van der Waals surface area contributed by atoms with E-state index in [9.17, 15) is 0 Å². The van der Waals surface area contributed by atoms with E-state index in [2.05, 4.69) is 58.5 Å². The van der Waals surface area contributed by atoms with E-state index in [1.54, 1.807) is 0 Å². The maximum Gasteiger partial charge on any atom is 0.195 e. The van der Waals surface area contributed by atoms with Crippen LogP contribution >= 0.6 is 11.8 Å². The van der Waals surface area contributed by atoms with Crippen molar-refractivity contribution in [2.45, 2.75) is 22.6 Å². The fourth-order valence-electron chi connectivity index (χ4n) is 3.33. The van der Waals surface area contributed by atoms with Gasteiger partial charge in [-0.15, -0.1) is 0 Å². The monoisotopic (exact) mass is 370 g/mol. The van der Waals surface area contributed by atoms with Gasteiger partial charge in [0.1, 0.15) is 5.52 Å². The normalized spacial score (nSPS) is 11.4. The molecule has 0 saturated carbocycles. The number of nitrogens with one attached hydrogen (secondary N) is 1. The summed E-state index contributed by atoms with van der Waals surface area (Å²) >= 11 is 1.81. The van der Waals surface area contributed by atoms with Crippen molar-refractivity contribution in [2.75, 3.05) is 0 Å². The van der Waals surface area contributed by atoms with Crippen molar-refractivity contribution in [3.8, 4) is 0 Å². The lowest BCUT2D eigenvalue weighted by Gasteiger charge is -2.04. The standard InChI is InChI=1S/C23H18N2OS/c1-2-8-16(9-3-1)27-23-17-10-4-5-11-18(17)24-20(23)14-15-22-25-19-12-6-7-13-21(19)26-22/h1-13,24H,14-15H2. The van der Waals surface area contributed by atoms with Gasteiger partial charge in [-0.1, -0.05) is 60.3 Å². The van der Waals surface area contributed by atoms with Crippen LogP contribution in [0.5, 0.6) is 0 Å². The first-order chi connectivity index (χ1) is 13.4. The highest BCUT2D eigenvalue weighted by Gasteiger charge is 2.14. The molecule has 3 nitrogen and oxygen atoms in total. The molecule has 2 aromatic heterocycles. The Balaban J connectivity index is 1.47.